The number of allylic oxidation sites excluding steroid dienone is 5. The highest BCUT2D eigenvalue weighted by Gasteiger charge is 2.18. The van der Waals surface area contributed by atoms with Crippen LogP contribution >= 0.6 is 0 Å². The molecule has 0 N–H and O–H groups in total. The fourth-order valence-corrected chi connectivity index (χ4v) is 5.68. The molecule has 0 spiro atoms. The Morgan fingerprint density at radius 3 is 1.47 bits per heavy atom. The van der Waals surface area contributed by atoms with Gasteiger partial charge in [-0.3, -0.25) is 0 Å². The molecular formula is C30H33. The van der Waals surface area contributed by atoms with E-state index in [4.69, 9.17) is 0 Å². The van der Waals surface area contributed by atoms with Crippen LogP contribution in [-0.2, 0) is 0 Å². The average molecular weight is 394 g/mol. The summed E-state index contributed by atoms with van der Waals surface area (Å²) in [5, 5.41) is 0. The quantitative estimate of drug-likeness (QED) is 0.488. The first kappa shape index (κ1) is 19.6. The molecule has 5 rings (SSSR count). The number of hydrogen-bond acceptors (Lipinski definition) is 0. The van der Waals surface area contributed by atoms with Gasteiger partial charge < -0.3 is 0 Å². The summed E-state index contributed by atoms with van der Waals surface area (Å²) in [4.78, 5) is 0. The second kappa shape index (κ2) is 9.21. The summed E-state index contributed by atoms with van der Waals surface area (Å²) in [5.74, 6) is 1.52. The van der Waals surface area contributed by atoms with Gasteiger partial charge in [-0.15, -0.1) is 0 Å². The summed E-state index contributed by atoms with van der Waals surface area (Å²) in [5.41, 5.74) is 8.18. The Kier molecular flexibility index (Phi) is 6.02. The smallest absolute Gasteiger partial charge is 0.00326 e. The molecule has 30 heavy (non-hydrogen) atoms. The van der Waals surface area contributed by atoms with Gasteiger partial charge in [-0.05, 0) is 77.0 Å². The highest BCUT2D eigenvalue weighted by Crippen LogP contribution is 2.37. The molecule has 0 heteroatoms. The average Bonchev–Trinajstić information content (AvgIpc) is 3.36. The van der Waals surface area contributed by atoms with E-state index < -0.39 is 0 Å². The fourth-order valence-electron chi connectivity index (χ4n) is 5.68. The van der Waals surface area contributed by atoms with E-state index >= 15 is 0 Å². The van der Waals surface area contributed by atoms with E-state index in [2.05, 4.69) is 66.8 Å². The minimum absolute atomic E-state index is 0.761. The van der Waals surface area contributed by atoms with E-state index in [0.29, 0.717) is 0 Å². The third-order valence-corrected chi connectivity index (χ3v) is 7.42. The van der Waals surface area contributed by atoms with Crippen molar-refractivity contribution < 1.29 is 0 Å². The summed E-state index contributed by atoms with van der Waals surface area (Å²) in [6.07, 6.45) is 23.6. The van der Waals surface area contributed by atoms with Crippen LogP contribution < -0.4 is 0 Å². The lowest BCUT2D eigenvalue weighted by atomic mass is 9.82. The molecule has 0 amide bonds. The summed E-state index contributed by atoms with van der Waals surface area (Å²) in [6, 6.07) is 18.9. The van der Waals surface area contributed by atoms with Gasteiger partial charge in [-0.2, -0.15) is 0 Å². The number of benzene rings is 2. The molecule has 0 nitrogen and oxygen atoms in total. The molecule has 2 aromatic rings. The van der Waals surface area contributed by atoms with Gasteiger partial charge in [0.05, 0.1) is 0 Å². The predicted molar refractivity (Wildman–Crippen MR) is 128 cm³/mol. The molecule has 0 unspecified atom stereocenters. The van der Waals surface area contributed by atoms with Gasteiger partial charge in [-0.25, -0.2) is 0 Å². The van der Waals surface area contributed by atoms with Crippen molar-refractivity contribution in [2.45, 2.75) is 76.0 Å². The molecule has 2 saturated carbocycles. The monoisotopic (exact) mass is 393 g/mol. The Labute approximate surface area is 182 Å². The zero-order valence-corrected chi connectivity index (χ0v) is 18.1. The minimum Gasteiger partial charge on any atom is -0.0610 e. The van der Waals surface area contributed by atoms with Crippen molar-refractivity contribution in [1.29, 1.82) is 0 Å². The zero-order chi connectivity index (χ0) is 20.2. The third kappa shape index (κ3) is 4.24. The molecule has 153 valence electrons. The molecule has 0 saturated heterocycles. The van der Waals surface area contributed by atoms with Gasteiger partial charge in [0.25, 0.3) is 0 Å². The maximum Gasteiger partial charge on any atom is -0.00326 e. The van der Waals surface area contributed by atoms with Crippen molar-refractivity contribution in [2.75, 3.05) is 0 Å². The third-order valence-electron chi connectivity index (χ3n) is 7.42. The van der Waals surface area contributed by atoms with Gasteiger partial charge in [0, 0.05) is 0 Å². The largest absolute Gasteiger partial charge is 0.0610 e. The molecule has 3 aliphatic carbocycles. The summed E-state index contributed by atoms with van der Waals surface area (Å²) in [7, 11) is 0. The second-order valence-corrected chi connectivity index (χ2v) is 9.37. The normalized spacial score (nSPS) is 20.1. The van der Waals surface area contributed by atoms with Crippen LogP contribution in [0.15, 0.2) is 72.3 Å². The zero-order valence-electron chi connectivity index (χ0n) is 18.1. The molecule has 0 heterocycles. The van der Waals surface area contributed by atoms with E-state index in [1.54, 1.807) is 0 Å². The molecule has 2 fully saturated rings. The summed E-state index contributed by atoms with van der Waals surface area (Å²) >= 11 is 0. The lowest BCUT2D eigenvalue weighted by molar-refractivity contribution is 0.443. The van der Waals surface area contributed by atoms with Crippen LogP contribution in [0.2, 0.25) is 0 Å². The summed E-state index contributed by atoms with van der Waals surface area (Å²) < 4.78 is 0. The van der Waals surface area contributed by atoms with Crippen molar-refractivity contribution in [3.05, 3.63) is 101 Å². The van der Waals surface area contributed by atoms with E-state index in [-0.39, 0.29) is 0 Å². The molecule has 3 aliphatic rings. The number of rotatable bonds is 4. The van der Waals surface area contributed by atoms with E-state index in [0.717, 1.165) is 11.8 Å². The Morgan fingerprint density at radius 2 is 1.07 bits per heavy atom. The Bertz CT molecular complexity index is 847. The van der Waals surface area contributed by atoms with Crippen molar-refractivity contribution in [2.24, 2.45) is 0 Å². The van der Waals surface area contributed by atoms with Gasteiger partial charge in [0.2, 0.25) is 0 Å². The Morgan fingerprint density at radius 1 is 0.600 bits per heavy atom. The van der Waals surface area contributed by atoms with Gasteiger partial charge in [0.1, 0.15) is 0 Å². The van der Waals surface area contributed by atoms with Gasteiger partial charge in [0.15, 0.2) is 0 Å². The lowest BCUT2D eigenvalue weighted by Gasteiger charge is -2.23. The van der Waals surface area contributed by atoms with Crippen LogP contribution in [0.25, 0.3) is 5.57 Å². The van der Waals surface area contributed by atoms with Crippen LogP contribution in [0.1, 0.15) is 98.3 Å². The molecule has 0 aliphatic heterocycles. The van der Waals surface area contributed by atoms with E-state index in [9.17, 15) is 0 Å². The SMILES string of the molecule is [C]1=CC=CC1=C(c1ccc(C2CCCCC2)cc1)c1ccc(C2CCCCC2)cc1. The minimum atomic E-state index is 0.761. The lowest BCUT2D eigenvalue weighted by Crippen LogP contribution is -2.05. The first-order valence-corrected chi connectivity index (χ1v) is 12.1. The van der Waals surface area contributed by atoms with Crippen LogP contribution in [0.3, 0.4) is 0 Å². The van der Waals surface area contributed by atoms with Crippen molar-refractivity contribution in [1.82, 2.24) is 0 Å². The molecule has 2 aromatic carbocycles. The van der Waals surface area contributed by atoms with Crippen LogP contribution in [0.4, 0.5) is 0 Å². The van der Waals surface area contributed by atoms with E-state index in [1.807, 2.05) is 6.08 Å². The van der Waals surface area contributed by atoms with Crippen molar-refractivity contribution in [3.63, 3.8) is 0 Å². The first-order chi connectivity index (χ1) is 14.9. The Hall–Kier alpha value is -2.34. The van der Waals surface area contributed by atoms with Crippen molar-refractivity contribution >= 4 is 5.57 Å². The van der Waals surface area contributed by atoms with Crippen LogP contribution in [0, 0.1) is 6.08 Å². The molecule has 0 aromatic heterocycles. The summed E-state index contributed by atoms with van der Waals surface area (Å²) in [6.45, 7) is 0. The van der Waals surface area contributed by atoms with Crippen molar-refractivity contribution in [3.8, 4) is 0 Å². The Balaban J connectivity index is 1.44. The predicted octanol–water partition coefficient (Wildman–Crippen LogP) is 8.51. The fraction of sp³-hybridized carbons (Fsp3) is 0.400. The van der Waals surface area contributed by atoms with Crippen LogP contribution in [0.5, 0.6) is 0 Å². The molecule has 0 atom stereocenters. The topological polar surface area (TPSA) is 0 Å². The van der Waals surface area contributed by atoms with Gasteiger partial charge in [-0.1, -0.05) is 105 Å². The second-order valence-electron chi connectivity index (χ2n) is 9.37. The van der Waals surface area contributed by atoms with Gasteiger partial charge >= 0.3 is 0 Å². The van der Waals surface area contributed by atoms with Crippen LogP contribution in [-0.4, -0.2) is 0 Å². The number of hydrogen-bond donors (Lipinski definition) is 0. The highest BCUT2D eigenvalue weighted by atomic mass is 14.2. The maximum atomic E-state index is 3.45. The molecule has 1 radical (unpaired) electrons. The molecule has 0 bridgehead atoms. The highest BCUT2D eigenvalue weighted by molar-refractivity contribution is 5.85. The standard InChI is InChI=1S/C30H33/c1-3-9-23(10-4-1)25-15-19-28(20-16-25)30(27-13-7-8-14-27)29-21-17-26(18-22-29)24-11-5-2-6-12-24/h7-8,13,15-24H,1-6,9-12H2. The molecular weight excluding hydrogens is 360 g/mol. The maximum absolute atomic E-state index is 3.45. The van der Waals surface area contributed by atoms with E-state index in [1.165, 1.54) is 97.6 Å². The first-order valence-electron chi connectivity index (χ1n) is 12.1.